The first-order valence-electron chi connectivity index (χ1n) is 10.2. The van der Waals surface area contributed by atoms with E-state index in [4.69, 9.17) is 14.2 Å². The highest BCUT2D eigenvalue weighted by Crippen LogP contribution is 2.37. The van der Waals surface area contributed by atoms with Gasteiger partial charge in [0.1, 0.15) is 6.10 Å². The van der Waals surface area contributed by atoms with Crippen LogP contribution in [0.4, 0.5) is 18.0 Å². The number of hydrogen-bond acceptors (Lipinski definition) is 5. The number of pyridine rings is 1. The van der Waals surface area contributed by atoms with Gasteiger partial charge in [0.15, 0.2) is 0 Å². The maximum absolute atomic E-state index is 13.8. The fourth-order valence-electron chi connectivity index (χ4n) is 3.75. The quantitative estimate of drug-likeness (QED) is 0.500. The van der Waals surface area contributed by atoms with Gasteiger partial charge in [-0.15, -0.1) is 0 Å². The number of aromatic nitrogens is 1. The molecule has 0 spiro atoms. The van der Waals surface area contributed by atoms with Crippen LogP contribution in [0.3, 0.4) is 0 Å². The molecular formula is C23H21F3N2O5. The van der Waals surface area contributed by atoms with Crippen LogP contribution in [0.25, 0.3) is 22.0 Å². The van der Waals surface area contributed by atoms with Gasteiger partial charge >= 0.3 is 12.3 Å². The molecule has 0 aliphatic carbocycles. The molecule has 1 aromatic heterocycles. The zero-order valence-corrected chi connectivity index (χ0v) is 17.7. The molecule has 2 aromatic carbocycles. The summed E-state index contributed by atoms with van der Waals surface area (Å²) in [6, 6.07) is 12.9. The summed E-state index contributed by atoms with van der Waals surface area (Å²) in [5, 5.41) is 1.73. The van der Waals surface area contributed by atoms with Gasteiger partial charge in [0.25, 0.3) is 5.56 Å². The van der Waals surface area contributed by atoms with Gasteiger partial charge < -0.3 is 14.2 Å². The van der Waals surface area contributed by atoms with Gasteiger partial charge in [0.05, 0.1) is 37.6 Å². The molecule has 3 aromatic rings. The minimum absolute atomic E-state index is 0.0579. The van der Waals surface area contributed by atoms with Crippen molar-refractivity contribution in [3.63, 3.8) is 0 Å². The molecule has 174 valence electrons. The van der Waals surface area contributed by atoms with Crippen molar-refractivity contribution in [1.29, 1.82) is 0 Å². The molecule has 4 rings (SSSR count). The van der Waals surface area contributed by atoms with Crippen LogP contribution in [0.5, 0.6) is 0 Å². The minimum Gasteiger partial charge on any atom is -0.440 e. The van der Waals surface area contributed by atoms with Gasteiger partial charge in [-0.1, -0.05) is 36.4 Å². The molecule has 10 heteroatoms. The zero-order chi connectivity index (χ0) is 23.6. The number of halogens is 3. The summed E-state index contributed by atoms with van der Waals surface area (Å²) >= 11 is 0. The number of fused-ring (bicyclic) bond motifs is 1. The van der Waals surface area contributed by atoms with Crippen molar-refractivity contribution < 1.29 is 32.2 Å². The van der Waals surface area contributed by atoms with E-state index in [0.29, 0.717) is 12.0 Å². The van der Waals surface area contributed by atoms with Crippen LogP contribution in [-0.2, 0) is 20.4 Å². The van der Waals surface area contributed by atoms with Gasteiger partial charge in [0, 0.05) is 18.1 Å². The van der Waals surface area contributed by atoms with E-state index in [2.05, 4.69) is 0 Å². The van der Waals surface area contributed by atoms with E-state index >= 15 is 0 Å². The zero-order valence-electron chi connectivity index (χ0n) is 17.7. The van der Waals surface area contributed by atoms with E-state index in [1.165, 1.54) is 31.4 Å². The van der Waals surface area contributed by atoms with E-state index in [9.17, 15) is 22.8 Å². The monoisotopic (exact) mass is 462 g/mol. The normalized spacial score (nSPS) is 16.4. The molecule has 1 aliphatic rings. The van der Waals surface area contributed by atoms with Crippen molar-refractivity contribution in [2.24, 2.45) is 0 Å². The second-order valence-corrected chi connectivity index (χ2v) is 7.43. The van der Waals surface area contributed by atoms with Gasteiger partial charge in [-0.05, 0) is 23.6 Å². The maximum atomic E-state index is 13.8. The molecule has 1 amide bonds. The van der Waals surface area contributed by atoms with Gasteiger partial charge in [-0.2, -0.15) is 13.2 Å². The van der Waals surface area contributed by atoms with Crippen LogP contribution < -0.4 is 10.6 Å². The lowest BCUT2D eigenvalue weighted by Crippen LogP contribution is -2.44. The van der Waals surface area contributed by atoms with Gasteiger partial charge in [-0.3, -0.25) is 4.79 Å². The van der Waals surface area contributed by atoms with Gasteiger partial charge in [-0.25, -0.2) is 14.5 Å². The molecule has 1 fully saturated rings. The van der Waals surface area contributed by atoms with Crippen LogP contribution in [-0.4, -0.2) is 50.3 Å². The number of amides is 1. The summed E-state index contributed by atoms with van der Waals surface area (Å²) in [5.74, 6) is 0. The number of carbonyl (C=O) groups excluding carboxylic acids is 1. The number of rotatable bonds is 7. The van der Waals surface area contributed by atoms with Crippen molar-refractivity contribution in [1.82, 2.24) is 4.68 Å². The van der Waals surface area contributed by atoms with Crippen molar-refractivity contribution in [2.75, 3.05) is 38.5 Å². The van der Waals surface area contributed by atoms with Crippen LogP contribution in [0.2, 0.25) is 0 Å². The molecule has 0 N–H and O–H groups in total. The predicted molar refractivity (Wildman–Crippen MR) is 115 cm³/mol. The van der Waals surface area contributed by atoms with Gasteiger partial charge in [0.2, 0.25) is 0 Å². The molecule has 1 saturated heterocycles. The Labute approximate surface area is 186 Å². The number of hydrogen-bond donors (Lipinski definition) is 0. The number of nitrogens with zero attached hydrogens (tertiary/aromatic N) is 2. The topological polar surface area (TPSA) is 70.0 Å². The van der Waals surface area contributed by atoms with Crippen molar-refractivity contribution >= 4 is 16.9 Å². The third kappa shape index (κ3) is 4.57. The number of ether oxygens (including phenoxy) is 3. The van der Waals surface area contributed by atoms with E-state index in [0.717, 1.165) is 15.8 Å². The maximum Gasteiger partial charge on any atom is 0.429 e. The molecule has 2 heterocycles. The van der Waals surface area contributed by atoms with E-state index in [1.54, 1.807) is 24.3 Å². The average Bonchev–Trinajstić information content (AvgIpc) is 3.16. The largest absolute Gasteiger partial charge is 0.440 e. The van der Waals surface area contributed by atoms with E-state index < -0.39 is 29.5 Å². The SMILES string of the molecule is COCCOC[C@H]1CN(n2c(-c3ccccc3C(F)(F)F)cc3ccccc3c2=O)C(=O)O1. The molecule has 0 bridgehead atoms. The number of alkyl halides is 3. The standard InChI is InChI=1S/C23H21F3N2O5/c1-31-10-11-32-14-16-13-27(22(30)33-16)28-20(12-15-6-2-3-7-17(15)21(28)29)18-8-4-5-9-19(18)23(24,25)26/h2-9,12,16H,10-11,13-14H2,1H3/t16-/m1/s1. The lowest BCUT2D eigenvalue weighted by Gasteiger charge is -2.23. The molecule has 7 nitrogen and oxygen atoms in total. The highest BCUT2D eigenvalue weighted by molar-refractivity contribution is 5.88. The first-order chi connectivity index (χ1) is 15.8. The van der Waals surface area contributed by atoms with Crippen LogP contribution in [0, 0.1) is 0 Å². The van der Waals surface area contributed by atoms with Crippen LogP contribution in [0.1, 0.15) is 5.56 Å². The Morgan fingerprint density at radius 2 is 1.79 bits per heavy atom. The summed E-state index contributed by atoms with van der Waals surface area (Å²) in [5.41, 5.74) is -1.83. The first kappa shape index (κ1) is 22.8. The van der Waals surface area contributed by atoms with E-state index in [1.807, 2.05) is 0 Å². The Kier molecular flexibility index (Phi) is 6.39. The fourth-order valence-corrected chi connectivity index (χ4v) is 3.75. The highest BCUT2D eigenvalue weighted by atomic mass is 19.4. The lowest BCUT2D eigenvalue weighted by atomic mass is 10.0. The highest BCUT2D eigenvalue weighted by Gasteiger charge is 2.38. The van der Waals surface area contributed by atoms with Crippen molar-refractivity contribution in [2.45, 2.75) is 12.3 Å². The Morgan fingerprint density at radius 3 is 2.55 bits per heavy atom. The van der Waals surface area contributed by atoms with Crippen molar-refractivity contribution in [3.8, 4) is 11.3 Å². The molecule has 0 saturated carbocycles. The van der Waals surface area contributed by atoms with Crippen LogP contribution >= 0.6 is 0 Å². The van der Waals surface area contributed by atoms with E-state index in [-0.39, 0.29) is 36.4 Å². The third-order valence-electron chi connectivity index (χ3n) is 5.24. The van der Waals surface area contributed by atoms with Crippen molar-refractivity contribution in [3.05, 3.63) is 70.5 Å². The number of methoxy groups -OCH3 is 1. The number of benzene rings is 2. The summed E-state index contributed by atoms with van der Waals surface area (Å²) in [6.07, 6.45) is -6.20. The lowest BCUT2D eigenvalue weighted by molar-refractivity contribution is -0.137. The molecule has 1 atom stereocenters. The average molecular weight is 462 g/mol. The fraction of sp³-hybridized carbons (Fsp3) is 0.304. The first-order valence-corrected chi connectivity index (χ1v) is 10.2. The number of cyclic esters (lactones) is 1. The summed E-state index contributed by atoms with van der Waals surface area (Å²) < 4.78 is 57.9. The summed E-state index contributed by atoms with van der Waals surface area (Å²) in [4.78, 5) is 26.1. The third-order valence-corrected chi connectivity index (χ3v) is 5.24. The predicted octanol–water partition coefficient (Wildman–Crippen LogP) is 3.81. The Hall–Kier alpha value is -3.37. The minimum atomic E-state index is -4.66. The molecular weight excluding hydrogens is 441 g/mol. The smallest absolute Gasteiger partial charge is 0.429 e. The van der Waals surface area contributed by atoms with Crippen LogP contribution in [0.15, 0.2) is 59.4 Å². The molecule has 0 radical (unpaired) electrons. The molecule has 33 heavy (non-hydrogen) atoms. The second kappa shape index (κ2) is 9.24. The number of carbonyl (C=O) groups is 1. The Balaban J connectivity index is 1.83. The summed E-state index contributed by atoms with van der Waals surface area (Å²) in [6.45, 7) is 0.630. The summed E-state index contributed by atoms with van der Waals surface area (Å²) in [7, 11) is 1.52. The Morgan fingerprint density at radius 1 is 1.06 bits per heavy atom. The molecule has 0 unspecified atom stereocenters. The second-order valence-electron chi connectivity index (χ2n) is 7.43. The Bertz CT molecular complexity index is 1220. The molecule has 1 aliphatic heterocycles.